The third-order valence-corrected chi connectivity index (χ3v) is 5.14. The molecule has 0 heterocycles. The highest BCUT2D eigenvalue weighted by Gasteiger charge is 2.02. The van der Waals surface area contributed by atoms with E-state index in [1.165, 1.54) is 57.8 Å². The number of nitrogens with one attached hydrogen (secondary N) is 4. The molecule has 0 radical (unpaired) electrons. The number of hydrogen-bond donors (Lipinski definition) is 5. The van der Waals surface area contributed by atoms with E-state index < -0.39 is 12.0 Å². The summed E-state index contributed by atoms with van der Waals surface area (Å²) in [5.41, 5.74) is 0. The molecule has 5 N–H and O–H groups in total. The third-order valence-electron chi connectivity index (χ3n) is 5.14. The molecule has 8 heteroatoms. The first kappa shape index (κ1) is 29.0. The maximum atomic E-state index is 11.7. The fourth-order valence-corrected chi connectivity index (χ4v) is 3.28. The van der Waals surface area contributed by atoms with Crippen LogP contribution in [0.1, 0.15) is 103 Å². The van der Waals surface area contributed by atoms with Gasteiger partial charge in [-0.05, 0) is 19.3 Å². The van der Waals surface area contributed by atoms with Gasteiger partial charge in [-0.1, -0.05) is 84.0 Å². The zero-order chi connectivity index (χ0) is 23.0. The predicted molar refractivity (Wildman–Crippen MR) is 125 cm³/mol. The van der Waals surface area contributed by atoms with E-state index in [0.717, 1.165) is 45.1 Å². The van der Waals surface area contributed by atoms with Gasteiger partial charge in [-0.25, -0.2) is 9.59 Å². The monoisotopic (exact) mass is 442 g/mol. The number of carbonyl (C=O) groups is 3. The topological polar surface area (TPSA) is 120 Å². The zero-order valence-electron chi connectivity index (χ0n) is 19.6. The van der Waals surface area contributed by atoms with Crippen molar-refractivity contribution < 1.29 is 19.5 Å². The minimum atomic E-state index is -1.06. The maximum absolute atomic E-state index is 11.7. The van der Waals surface area contributed by atoms with Gasteiger partial charge in [-0.2, -0.15) is 0 Å². The van der Waals surface area contributed by atoms with Gasteiger partial charge < -0.3 is 26.4 Å². The molecule has 0 aliphatic rings. The molecule has 0 spiro atoms. The molecule has 0 aliphatic carbocycles. The average molecular weight is 443 g/mol. The van der Waals surface area contributed by atoms with Crippen LogP contribution in [0.25, 0.3) is 0 Å². The highest BCUT2D eigenvalue weighted by molar-refractivity contribution is 5.79. The van der Waals surface area contributed by atoms with Crippen molar-refractivity contribution in [2.24, 2.45) is 0 Å². The maximum Gasteiger partial charge on any atom is 0.323 e. The molecule has 8 nitrogen and oxygen atoms in total. The molecule has 0 aromatic carbocycles. The van der Waals surface area contributed by atoms with Crippen LogP contribution in [0.2, 0.25) is 0 Å². The summed E-state index contributed by atoms with van der Waals surface area (Å²) in [5, 5.41) is 19.1. The van der Waals surface area contributed by atoms with Crippen molar-refractivity contribution in [1.29, 1.82) is 0 Å². The van der Waals surface area contributed by atoms with E-state index in [1.807, 2.05) is 0 Å². The van der Waals surface area contributed by atoms with Gasteiger partial charge in [0, 0.05) is 19.6 Å². The molecular formula is C23H46N4O4. The summed E-state index contributed by atoms with van der Waals surface area (Å²) in [6.45, 7) is 3.84. The summed E-state index contributed by atoms with van der Waals surface area (Å²) in [6, 6.07) is -0.525. The summed E-state index contributed by atoms with van der Waals surface area (Å²) in [7, 11) is 0. The molecule has 0 saturated heterocycles. The number of amides is 4. The van der Waals surface area contributed by atoms with Gasteiger partial charge in [0.2, 0.25) is 0 Å². The van der Waals surface area contributed by atoms with E-state index in [4.69, 9.17) is 5.11 Å². The van der Waals surface area contributed by atoms with Crippen LogP contribution in [0.4, 0.5) is 9.59 Å². The molecule has 0 rings (SSSR count). The number of aliphatic carboxylic acids is 1. The van der Waals surface area contributed by atoms with E-state index in [9.17, 15) is 14.4 Å². The standard InChI is InChI=1S/C23H46N4O4/c1-2-3-4-5-6-7-8-9-11-14-17-24-22(30)25-18-15-12-10-13-16-19-26-23(31)27-20-21(28)29/h2-20H2,1H3,(H,28,29)(H2,24,25,30)(H2,26,27,31). The van der Waals surface area contributed by atoms with Crippen LogP contribution < -0.4 is 21.3 Å². The molecule has 0 aromatic rings. The Kier molecular flexibility index (Phi) is 21.2. The number of hydrogen-bond acceptors (Lipinski definition) is 3. The Hall–Kier alpha value is -1.99. The van der Waals surface area contributed by atoms with Crippen LogP contribution in [0.5, 0.6) is 0 Å². The predicted octanol–water partition coefficient (Wildman–Crippen LogP) is 4.54. The highest BCUT2D eigenvalue weighted by Crippen LogP contribution is 2.10. The Balaban J connectivity index is 3.24. The van der Waals surface area contributed by atoms with E-state index >= 15 is 0 Å². The van der Waals surface area contributed by atoms with Gasteiger partial charge >= 0.3 is 18.0 Å². The summed E-state index contributed by atoms with van der Waals surface area (Å²) in [5.74, 6) is -1.06. The molecule has 0 atom stereocenters. The van der Waals surface area contributed by atoms with Crippen LogP contribution in [0.15, 0.2) is 0 Å². The van der Waals surface area contributed by atoms with E-state index in [2.05, 4.69) is 28.2 Å². The van der Waals surface area contributed by atoms with Crippen molar-refractivity contribution in [3.8, 4) is 0 Å². The molecule has 0 unspecified atom stereocenters. The smallest absolute Gasteiger partial charge is 0.323 e. The minimum Gasteiger partial charge on any atom is -0.480 e. The van der Waals surface area contributed by atoms with Crippen molar-refractivity contribution in [1.82, 2.24) is 21.3 Å². The fourth-order valence-electron chi connectivity index (χ4n) is 3.28. The zero-order valence-corrected chi connectivity index (χ0v) is 19.6. The largest absolute Gasteiger partial charge is 0.480 e. The van der Waals surface area contributed by atoms with Gasteiger partial charge in [-0.3, -0.25) is 4.79 Å². The summed E-state index contributed by atoms with van der Waals surface area (Å²) in [4.78, 5) is 33.3. The normalized spacial score (nSPS) is 10.5. The fraction of sp³-hybridized carbons (Fsp3) is 0.870. The Morgan fingerprint density at radius 2 is 0.839 bits per heavy atom. The summed E-state index contributed by atoms with van der Waals surface area (Å²) in [6.07, 6.45) is 17.8. The van der Waals surface area contributed by atoms with Crippen molar-refractivity contribution in [2.45, 2.75) is 103 Å². The SMILES string of the molecule is CCCCCCCCCCCCNC(=O)NCCCCCCCNC(=O)NCC(=O)O. The van der Waals surface area contributed by atoms with Crippen LogP contribution in [-0.4, -0.2) is 49.3 Å². The lowest BCUT2D eigenvalue weighted by Crippen LogP contribution is -2.38. The quantitative estimate of drug-likeness (QED) is 0.168. The highest BCUT2D eigenvalue weighted by atomic mass is 16.4. The molecule has 0 fully saturated rings. The number of carboxylic acids is 1. The molecule has 31 heavy (non-hydrogen) atoms. The first-order valence-electron chi connectivity index (χ1n) is 12.3. The second-order valence-corrected chi connectivity index (χ2v) is 8.14. The lowest BCUT2D eigenvalue weighted by molar-refractivity contribution is -0.135. The first-order valence-corrected chi connectivity index (χ1v) is 12.3. The molecule has 0 aromatic heterocycles. The molecule has 4 amide bonds. The average Bonchev–Trinajstić information content (AvgIpc) is 2.74. The van der Waals surface area contributed by atoms with Crippen LogP contribution in [0.3, 0.4) is 0 Å². The van der Waals surface area contributed by atoms with Crippen LogP contribution >= 0.6 is 0 Å². The molecule has 182 valence electrons. The van der Waals surface area contributed by atoms with E-state index in [-0.39, 0.29) is 12.6 Å². The second kappa shape index (κ2) is 22.7. The van der Waals surface area contributed by atoms with Gasteiger partial charge in [0.1, 0.15) is 6.54 Å². The Morgan fingerprint density at radius 3 is 1.19 bits per heavy atom. The molecule has 0 aliphatic heterocycles. The van der Waals surface area contributed by atoms with Gasteiger partial charge in [0.05, 0.1) is 0 Å². The van der Waals surface area contributed by atoms with E-state index in [0.29, 0.717) is 13.1 Å². The summed E-state index contributed by atoms with van der Waals surface area (Å²) < 4.78 is 0. The van der Waals surface area contributed by atoms with Gasteiger partial charge in [0.15, 0.2) is 0 Å². The first-order chi connectivity index (χ1) is 15.1. The number of urea groups is 2. The molecule has 0 bridgehead atoms. The lowest BCUT2D eigenvalue weighted by atomic mass is 10.1. The number of carbonyl (C=O) groups excluding carboxylic acids is 2. The Bertz CT molecular complexity index is 461. The van der Waals surface area contributed by atoms with E-state index in [1.54, 1.807) is 0 Å². The van der Waals surface area contributed by atoms with Crippen LogP contribution in [0, 0.1) is 0 Å². The number of carboxylic acid groups (broad SMARTS) is 1. The van der Waals surface area contributed by atoms with Crippen molar-refractivity contribution >= 4 is 18.0 Å². The Labute approximate surface area is 188 Å². The summed E-state index contributed by atoms with van der Waals surface area (Å²) >= 11 is 0. The Morgan fingerprint density at radius 1 is 0.516 bits per heavy atom. The van der Waals surface area contributed by atoms with Crippen LogP contribution in [-0.2, 0) is 4.79 Å². The third kappa shape index (κ3) is 24.2. The van der Waals surface area contributed by atoms with Gasteiger partial charge in [0.25, 0.3) is 0 Å². The lowest BCUT2D eigenvalue weighted by Gasteiger charge is -2.08. The van der Waals surface area contributed by atoms with Gasteiger partial charge in [-0.15, -0.1) is 0 Å². The van der Waals surface area contributed by atoms with Crippen molar-refractivity contribution in [3.63, 3.8) is 0 Å². The van der Waals surface area contributed by atoms with Crippen molar-refractivity contribution in [3.05, 3.63) is 0 Å². The minimum absolute atomic E-state index is 0.0764. The number of unbranched alkanes of at least 4 members (excludes halogenated alkanes) is 13. The molecule has 0 saturated carbocycles. The molecular weight excluding hydrogens is 396 g/mol. The second-order valence-electron chi connectivity index (χ2n) is 8.14. The number of rotatable bonds is 21. The van der Waals surface area contributed by atoms with Crippen molar-refractivity contribution in [2.75, 3.05) is 26.2 Å².